The van der Waals surface area contributed by atoms with Crippen LogP contribution in [0.5, 0.6) is 0 Å². The molecule has 1 aliphatic heterocycles. The van der Waals surface area contributed by atoms with Gasteiger partial charge in [0.05, 0.1) is 19.8 Å². The van der Waals surface area contributed by atoms with Crippen LogP contribution in [0.3, 0.4) is 0 Å². The number of aliphatic hydroxyl groups excluding tert-OH is 1. The third-order valence-electron chi connectivity index (χ3n) is 2.30. The molecule has 0 bridgehead atoms. The van der Waals surface area contributed by atoms with Crippen LogP contribution in [0.15, 0.2) is 0 Å². The van der Waals surface area contributed by atoms with E-state index >= 15 is 0 Å². The molecule has 14 heavy (non-hydrogen) atoms. The summed E-state index contributed by atoms with van der Waals surface area (Å²) in [5, 5.41) is 11.2. The van der Waals surface area contributed by atoms with Crippen LogP contribution in [-0.2, 0) is 4.74 Å². The number of alkyl halides is 3. The predicted octanol–water partition coefficient (Wildman–Crippen LogP) is 0.536. The Labute approximate surface area is 80.2 Å². The van der Waals surface area contributed by atoms with E-state index in [-0.39, 0.29) is 12.5 Å². The molecule has 1 fully saturated rings. The molecule has 2 atom stereocenters. The Bertz CT molecular complexity index is 168. The van der Waals surface area contributed by atoms with Crippen LogP contribution in [0.4, 0.5) is 13.2 Å². The minimum atomic E-state index is -4.23. The van der Waals surface area contributed by atoms with Crippen LogP contribution >= 0.6 is 0 Å². The summed E-state index contributed by atoms with van der Waals surface area (Å²) >= 11 is 0. The molecule has 1 rings (SSSR count). The number of rotatable bonds is 4. The maximum atomic E-state index is 11.9. The van der Waals surface area contributed by atoms with Crippen molar-refractivity contribution in [3.05, 3.63) is 0 Å². The van der Waals surface area contributed by atoms with Gasteiger partial charge in [0.25, 0.3) is 0 Å². The van der Waals surface area contributed by atoms with Gasteiger partial charge in [-0.05, 0) is 6.42 Å². The second-order valence-corrected chi connectivity index (χ2v) is 3.41. The lowest BCUT2D eigenvalue weighted by atomic mass is 10.00. The van der Waals surface area contributed by atoms with Gasteiger partial charge in [0.2, 0.25) is 0 Å². The third-order valence-corrected chi connectivity index (χ3v) is 2.30. The molecule has 0 aromatic carbocycles. The molecule has 0 aromatic rings. The Balaban J connectivity index is 2.31. The molecule has 1 aliphatic rings. The standard InChI is InChI=1S/C8H14F3NO2/c9-8(10,11)5-12-7(3-13)6-1-2-14-4-6/h6-7,12-13H,1-5H2. The Hall–Kier alpha value is -0.330. The average molecular weight is 213 g/mol. The Morgan fingerprint density at radius 2 is 2.21 bits per heavy atom. The first kappa shape index (κ1) is 11.7. The number of hydrogen-bond acceptors (Lipinski definition) is 3. The molecule has 0 aromatic heterocycles. The van der Waals surface area contributed by atoms with Crippen LogP contribution in [0.2, 0.25) is 0 Å². The second-order valence-electron chi connectivity index (χ2n) is 3.41. The first-order chi connectivity index (χ1) is 6.53. The van der Waals surface area contributed by atoms with Crippen molar-refractivity contribution >= 4 is 0 Å². The summed E-state index contributed by atoms with van der Waals surface area (Å²) in [5.74, 6) is -0.0117. The molecule has 1 heterocycles. The first-order valence-corrected chi connectivity index (χ1v) is 4.51. The highest BCUT2D eigenvalue weighted by molar-refractivity contribution is 4.79. The van der Waals surface area contributed by atoms with Gasteiger partial charge in [-0.15, -0.1) is 0 Å². The van der Waals surface area contributed by atoms with Crippen molar-refractivity contribution in [1.82, 2.24) is 5.32 Å². The van der Waals surface area contributed by atoms with Gasteiger partial charge in [-0.3, -0.25) is 0 Å². The van der Waals surface area contributed by atoms with Gasteiger partial charge in [-0.25, -0.2) is 0 Å². The largest absolute Gasteiger partial charge is 0.401 e. The van der Waals surface area contributed by atoms with Crippen LogP contribution < -0.4 is 5.32 Å². The monoisotopic (exact) mass is 213 g/mol. The SMILES string of the molecule is OCC(NCC(F)(F)F)C1CCOC1. The molecule has 84 valence electrons. The summed E-state index contributed by atoms with van der Waals surface area (Å²) in [5.41, 5.74) is 0. The second kappa shape index (κ2) is 4.95. The summed E-state index contributed by atoms with van der Waals surface area (Å²) in [4.78, 5) is 0. The summed E-state index contributed by atoms with van der Waals surface area (Å²) in [6, 6.07) is -0.515. The first-order valence-electron chi connectivity index (χ1n) is 4.51. The van der Waals surface area contributed by atoms with E-state index in [0.717, 1.165) is 0 Å². The molecular weight excluding hydrogens is 199 g/mol. The summed E-state index contributed by atoms with van der Waals surface area (Å²) in [6.07, 6.45) is -3.52. The van der Waals surface area contributed by atoms with E-state index in [1.165, 1.54) is 0 Å². The van der Waals surface area contributed by atoms with Crippen molar-refractivity contribution in [3.63, 3.8) is 0 Å². The summed E-state index contributed by atoms with van der Waals surface area (Å²) in [6.45, 7) is -0.357. The number of aliphatic hydroxyl groups is 1. The van der Waals surface area contributed by atoms with Crippen molar-refractivity contribution < 1.29 is 23.0 Å². The van der Waals surface area contributed by atoms with Crippen molar-refractivity contribution in [2.24, 2.45) is 5.92 Å². The van der Waals surface area contributed by atoms with Gasteiger partial charge in [0, 0.05) is 18.6 Å². The van der Waals surface area contributed by atoms with E-state index < -0.39 is 18.8 Å². The fraction of sp³-hybridized carbons (Fsp3) is 1.00. The number of hydrogen-bond donors (Lipinski definition) is 2. The van der Waals surface area contributed by atoms with E-state index in [0.29, 0.717) is 19.6 Å². The molecule has 2 N–H and O–H groups in total. The van der Waals surface area contributed by atoms with E-state index in [9.17, 15) is 13.2 Å². The fourth-order valence-electron chi connectivity index (χ4n) is 1.50. The van der Waals surface area contributed by atoms with Gasteiger partial charge < -0.3 is 15.2 Å². The number of nitrogens with one attached hydrogen (secondary N) is 1. The fourth-order valence-corrected chi connectivity index (χ4v) is 1.50. The van der Waals surface area contributed by atoms with Crippen LogP contribution in [0, 0.1) is 5.92 Å². The number of halogens is 3. The third kappa shape index (κ3) is 3.81. The van der Waals surface area contributed by atoms with Crippen molar-refractivity contribution in [2.45, 2.75) is 18.6 Å². The maximum Gasteiger partial charge on any atom is 0.401 e. The lowest BCUT2D eigenvalue weighted by Gasteiger charge is -2.22. The van der Waals surface area contributed by atoms with Crippen LogP contribution in [0.1, 0.15) is 6.42 Å². The van der Waals surface area contributed by atoms with E-state index in [4.69, 9.17) is 9.84 Å². The lowest BCUT2D eigenvalue weighted by molar-refractivity contribution is -0.127. The van der Waals surface area contributed by atoms with Crippen molar-refractivity contribution in [1.29, 1.82) is 0 Å². The molecule has 0 saturated carbocycles. The maximum absolute atomic E-state index is 11.9. The normalized spacial score (nSPS) is 25.3. The van der Waals surface area contributed by atoms with Crippen molar-refractivity contribution in [3.8, 4) is 0 Å². The van der Waals surface area contributed by atoms with Crippen LogP contribution in [0.25, 0.3) is 0 Å². The summed E-state index contributed by atoms with van der Waals surface area (Å²) < 4.78 is 40.6. The molecule has 0 radical (unpaired) electrons. The smallest absolute Gasteiger partial charge is 0.395 e. The van der Waals surface area contributed by atoms with Gasteiger partial charge in [-0.1, -0.05) is 0 Å². The molecule has 2 unspecified atom stereocenters. The Kier molecular flexibility index (Phi) is 4.15. The Morgan fingerprint density at radius 3 is 2.64 bits per heavy atom. The minimum absolute atomic E-state index is 0.0117. The topological polar surface area (TPSA) is 41.5 Å². The zero-order valence-corrected chi connectivity index (χ0v) is 7.68. The molecule has 3 nitrogen and oxygen atoms in total. The molecule has 6 heteroatoms. The molecule has 0 spiro atoms. The molecule has 0 aliphatic carbocycles. The zero-order valence-electron chi connectivity index (χ0n) is 7.68. The highest BCUT2D eigenvalue weighted by Gasteiger charge is 2.31. The molecular formula is C8H14F3NO2. The lowest BCUT2D eigenvalue weighted by Crippen LogP contribution is -2.44. The Morgan fingerprint density at radius 1 is 1.50 bits per heavy atom. The zero-order chi connectivity index (χ0) is 10.6. The highest BCUT2D eigenvalue weighted by Crippen LogP contribution is 2.18. The van der Waals surface area contributed by atoms with Gasteiger partial charge >= 0.3 is 6.18 Å². The van der Waals surface area contributed by atoms with E-state index in [1.54, 1.807) is 0 Å². The highest BCUT2D eigenvalue weighted by atomic mass is 19.4. The van der Waals surface area contributed by atoms with Gasteiger partial charge in [0.15, 0.2) is 0 Å². The van der Waals surface area contributed by atoms with Gasteiger partial charge in [-0.2, -0.15) is 13.2 Å². The van der Waals surface area contributed by atoms with E-state index in [1.807, 2.05) is 0 Å². The van der Waals surface area contributed by atoms with E-state index in [2.05, 4.69) is 5.32 Å². The quantitative estimate of drug-likeness (QED) is 0.716. The average Bonchev–Trinajstić information content (AvgIpc) is 2.56. The van der Waals surface area contributed by atoms with Gasteiger partial charge in [0.1, 0.15) is 0 Å². The van der Waals surface area contributed by atoms with Crippen LogP contribution in [-0.4, -0.2) is 43.7 Å². The summed E-state index contributed by atoms with van der Waals surface area (Å²) in [7, 11) is 0. The molecule has 0 amide bonds. The minimum Gasteiger partial charge on any atom is -0.395 e. The van der Waals surface area contributed by atoms with Crippen molar-refractivity contribution in [2.75, 3.05) is 26.4 Å². The molecule has 1 saturated heterocycles. The number of ether oxygens (including phenoxy) is 1. The predicted molar refractivity (Wildman–Crippen MR) is 43.9 cm³/mol.